The summed E-state index contributed by atoms with van der Waals surface area (Å²) in [5.41, 5.74) is 9.73. The van der Waals surface area contributed by atoms with Gasteiger partial charge in [-0.2, -0.15) is 10.1 Å². The SMILES string of the molecule is Cc1nn(-c2ccc(-c3nc(C4(N)CCC4)no3)cc2)c(C)c1Br. The van der Waals surface area contributed by atoms with Crippen molar-refractivity contribution in [3.05, 3.63) is 46.0 Å². The number of hydrogen-bond acceptors (Lipinski definition) is 5. The van der Waals surface area contributed by atoms with Crippen molar-refractivity contribution in [2.24, 2.45) is 5.73 Å². The van der Waals surface area contributed by atoms with Crippen LogP contribution in [0.1, 0.15) is 36.5 Å². The van der Waals surface area contributed by atoms with E-state index in [0.717, 1.165) is 46.4 Å². The number of hydrogen-bond donors (Lipinski definition) is 1. The minimum absolute atomic E-state index is 0.405. The molecule has 0 radical (unpaired) electrons. The number of nitrogens with two attached hydrogens (primary N) is 1. The number of rotatable bonds is 3. The smallest absolute Gasteiger partial charge is 0.257 e. The molecule has 7 heteroatoms. The molecule has 0 amide bonds. The van der Waals surface area contributed by atoms with E-state index in [9.17, 15) is 0 Å². The Bertz CT molecular complexity index is 892. The molecule has 2 aromatic heterocycles. The van der Waals surface area contributed by atoms with E-state index in [1.54, 1.807) is 0 Å². The van der Waals surface area contributed by atoms with Crippen molar-refractivity contribution in [3.63, 3.8) is 0 Å². The maximum Gasteiger partial charge on any atom is 0.257 e. The molecule has 1 fully saturated rings. The average Bonchev–Trinajstić information content (AvgIpc) is 3.15. The van der Waals surface area contributed by atoms with E-state index < -0.39 is 5.54 Å². The Morgan fingerprint density at radius 3 is 2.46 bits per heavy atom. The Kier molecular flexibility index (Phi) is 3.58. The van der Waals surface area contributed by atoms with Gasteiger partial charge in [0.25, 0.3) is 5.89 Å². The molecule has 4 rings (SSSR count). The fourth-order valence-corrected chi connectivity index (χ4v) is 3.19. The lowest BCUT2D eigenvalue weighted by molar-refractivity contribution is 0.229. The molecular weight excluding hydrogens is 370 g/mol. The molecule has 0 bridgehead atoms. The molecule has 1 aliphatic rings. The van der Waals surface area contributed by atoms with Gasteiger partial charge in [-0.25, -0.2) is 4.68 Å². The van der Waals surface area contributed by atoms with Crippen molar-refractivity contribution >= 4 is 15.9 Å². The second-order valence-corrected chi connectivity index (χ2v) is 7.17. The molecule has 0 unspecified atom stereocenters. The third-order valence-electron chi connectivity index (χ3n) is 4.68. The molecule has 3 aromatic rings. The molecule has 124 valence electrons. The van der Waals surface area contributed by atoms with Gasteiger partial charge in [0, 0.05) is 5.56 Å². The van der Waals surface area contributed by atoms with Crippen molar-refractivity contribution in [3.8, 4) is 17.1 Å². The lowest BCUT2D eigenvalue weighted by Crippen LogP contribution is -2.44. The van der Waals surface area contributed by atoms with Crippen LogP contribution in [0.25, 0.3) is 17.1 Å². The van der Waals surface area contributed by atoms with Crippen LogP contribution in [-0.4, -0.2) is 19.9 Å². The van der Waals surface area contributed by atoms with Crippen LogP contribution in [-0.2, 0) is 5.54 Å². The van der Waals surface area contributed by atoms with Gasteiger partial charge >= 0.3 is 0 Å². The molecule has 24 heavy (non-hydrogen) atoms. The van der Waals surface area contributed by atoms with Gasteiger partial charge in [0.15, 0.2) is 5.82 Å². The standard InChI is InChI=1S/C17H18BrN5O/c1-10-14(18)11(2)23(21-10)13-6-4-12(5-7-13)15-20-16(22-24-15)17(19)8-3-9-17/h4-7H,3,8-9,19H2,1-2H3. The molecular formula is C17H18BrN5O. The van der Waals surface area contributed by atoms with Crippen LogP contribution in [0.5, 0.6) is 0 Å². The molecule has 1 saturated carbocycles. The maximum absolute atomic E-state index is 6.25. The van der Waals surface area contributed by atoms with E-state index in [0.29, 0.717) is 11.7 Å². The first-order valence-corrected chi connectivity index (χ1v) is 8.73. The topological polar surface area (TPSA) is 82.8 Å². The van der Waals surface area contributed by atoms with Crippen LogP contribution in [0.2, 0.25) is 0 Å². The zero-order chi connectivity index (χ0) is 16.9. The third-order valence-corrected chi connectivity index (χ3v) is 5.83. The number of aromatic nitrogens is 4. The summed E-state index contributed by atoms with van der Waals surface area (Å²) in [5, 5.41) is 8.60. The van der Waals surface area contributed by atoms with Crippen LogP contribution in [0.4, 0.5) is 0 Å². The predicted molar refractivity (Wildman–Crippen MR) is 93.7 cm³/mol. The van der Waals surface area contributed by atoms with E-state index >= 15 is 0 Å². The van der Waals surface area contributed by atoms with E-state index in [2.05, 4.69) is 31.2 Å². The highest BCUT2D eigenvalue weighted by atomic mass is 79.9. The van der Waals surface area contributed by atoms with Crippen LogP contribution in [0.3, 0.4) is 0 Å². The molecule has 2 heterocycles. The summed E-state index contributed by atoms with van der Waals surface area (Å²) < 4.78 is 8.33. The van der Waals surface area contributed by atoms with Crippen LogP contribution in [0.15, 0.2) is 33.3 Å². The van der Waals surface area contributed by atoms with E-state index in [1.165, 1.54) is 0 Å². The van der Waals surface area contributed by atoms with Crippen molar-refractivity contribution in [2.75, 3.05) is 0 Å². The summed E-state index contributed by atoms with van der Waals surface area (Å²) in [5.74, 6) is 1.11. The predicted octanol–water partition coefficient (Wildman–Crippen LogP) is 3.64. The van der Waals surface area contributed by atoms with Gasteiger partial charge in [-0.1, -0.05) is 5.16 Å². The van der Waals surface area contributed by atoms with Crippen molar-refractivity contribution in [1.82, 2.24) is 19.9 Å². The Morgan fingerprint density at radius 1 is 1.21 bits per heavy atom. The van der Waals surface area contributed by atoms with Crippen molar-refractivity contribution in [1.29, 1.82) is 0 Å². The van der Waals surface area contributed by atoms with Gasteiger partial charge < -0.3 is 10.3 Å². The first-order chi connectivity index (χ1) is 11.5. The second-order valence-electron chi connectivity index (χ2n) is 6.38. The third kappa shape index (κ3) is 2.39. The fraction of sp³-hybridized carbons (Fsp3) is 0.353. The zero-order valence-corrected chi connectivity index (χ0v) is 15.2. The highest BCUT2D eigenvalue weighted by molar-refractivity contribution is 9.10. The quantitative estimate of drug-likeness (QED) is 0.741. The first-order valence-electron chi connectivity index (χ1n) is 7.93. The fourth-order valence-electron chi connectivity index (χ4n) is 2.94. The summed E-state index contributed by atoms with van der Waals surface area (Å²) in [6.45, 7) is 4.01. The molecule has 0 saturated heterocycles. The molecule has 0 atom stereocenters. The molecule has 1 aliphatic carbocycles. The van der Waals surface area contributed by atoms with Crippen molar-refractivity contribution in [2.45, 2.75) is 38.6 Å². The minimum Gasteiger partial charge on any atom is -0.334 e. The van der Waals surface area contributed by atoms with Gasteiger partial charge in [0.05, 0.1) is 27.1 Å². The lowest BCUT2D eigenvalue weighted by Gasteiger charge is -2.34. The molecule has 0 spiro atoms. The Morgan fingerprint density at radius 2 is 1.92 bits per heavy atom. The molecule has 0 aliphatic heterocycles. The normalized spacial score (nSPS) is 16.2. The van der Waals surface area contributed by atoms with Gasteiger partial charge in [0.2, 0.25) is 0 Å². The number of halogens is 1. The largest absolute Gasteiger partial charge is 0.334 e. The zero-order valence-electron chi connectivity index (χ0n) is 13.6. The summed E-state index contributed by atoms with van der Waals surface area (Å²) in [4.78, 5) is 4.48. The highest BCUT2D eigenvalue weighted by Gasteiger charge is 2.39. The summed E-state index contributed by atoms with van der Waals surface area (Å²) in [6, 6.07) is 7.90. The van der Waals surface area contributed by atoms with Gasteiger partial charge in [0.1, 0.15) is 0 Å². The Balaban J connectivity index is 1.63. The number of benzene rings is 1. The second kappa shape index (κ2) is 5.53. The summed E-state index contributed by atoms with van der Waals surface area (Å²) in [6.07, 6.45) is 2.95. The average molecular weight is 388 g/mol. The van der Waals surface area contributed by atoms with Crippen molar-refractivity contribution < 1.29 is 4.52 Å². The molecule has 2 N–H and O–H groups in total. The van der Waals surface area contributed by atoms with Crippen LogP contribution >= 0.6 is 15.9 Å². The Hall–Kier alpha value is -1.99. The minimum atomic E-state index is -0.405. The first kappa shape index (κ1) is 15.5. The van der Waals surface area contributed by atoms with E-state index in [-0.39, 0.29) is 0 Å². The van der Waals surface area contributed by atoms with E-state index in [1.807, 2.05) is 42.8 Å². The highest BCUT2D eigenvalue weighted by Crippen LogP contribution is 2.37. The monoisotopic (exact) mass is 387 g/mol. The summed E-state index contributed by atoms with van der Waals surface area (Å²) >= 11 is 3.55. The van der Waals surface area contributed by atoms with Gasteiger partial charge in [-0.05, 0) is 73.3 Å². The number of nitrogens with zero attached hydrogens (tertiary/aromatic N) is 4. The lowest BCUT2D eigenvalue weighted by atomic mass is 9.77. The van der Waals surface area contributed by atoms with E-state index in [4.69, 9.17) is 10.3 Å². The maximum atomic E-state index is 6.25. The van der Waals surface area contributed by atoms with Crippen LogP contribution < -0.4 is 5.73 Å². The molecule has 6 nitrogen and oxygen atoms in total. The van der Waals surface area contributed by atoms with Gasteiger partial charge in [-0.15, -0.1) is 0 Å². The molecule has 1 aromatic carbocycles. The van der Waals surface area contributed by atoms with Gasteiger partial charge in [-0.3, -0.25) is 0 Å². The number of aryl methyl sites for hydroxylation is 1. The summed E-state index contributed by atoms with van der Waals surface area (Å²) in [7, 11) is 0. The Labute approximate surface area is 148 Å². The van der Waals surface area contributed by atoms with Crippen LogP contribution in [0, 0.1) is 13.8 Å².